The Morgan fingerprint density at radius 3 is 2.42 bits per heavy atom. The molecule has 0 heterocycles. The van der Waals surface area contributed by atoms with Gasteiger partial charge in [0.15, 0.2) is 0 Å². The number of benzene rings is 1. The first kappa shape index (κ1) is 18.9. The minimum atomic E-state index is 0.0929. The van der Waals surface area contributed by atoms with Crippen LogP contribution in [0.1, 0.15) is 75.8 Å². The Balaban J connectivity index is 1.46. The average Bonchev–Trinajstić information content (AvgIpc) is 3.51. The van der Waals surface area contributed by atoms with Crippen LogP contribution in [0.2, 0.25) is 0 Å². The van der Waals surface area contributed by atoms with Crippen LogP contribution in [0.3, 0.4) is 0 Å². The Bertz CT molecular complexity index is 577. The molecule has 0 spiro atoms. The lowest BCUT2D eigenvalue weighted by molar-refractivity contribution is -0.124. The van der Waals surface area contributed by atoms with Crippen molar-refractivity contribution in [1.82, 2.24) is 10.6 Å². The van der Waals surface area contributed by atoms with Crippen LogP contribution in [-0.2, 0) is 9.59 Å². The molecule has 2 N–H and O–H groups in total. The lowest BCUT2D eigenvalue weighted by Crippen LogP contribution is -2.31. The Kier molecular flexibility index (Phi) is 7.10. The molecule has 0 saturated heterocycles. The van der Waals surface area contributed by atoms with E-state index in [0.29, 0.717) is 25.3 Å². The molecule has 3 rings (SSSR count). The van der Waals surface area contributed by atoms with Crippen molar-refractivity contribution in [3.8, 4) is 0 Å². The van der Waals surface area contributed by atoms with Crippen molar-refractivity contribution >= 4 is 11.8 Å². The fraction of sp³-hybridized carbons (Fsp3) is 0.636. The van der Waals surface area contributed by atoms with Gasteiger partial charge in [-0.3, -0.25) is 9.59 Å². The molecule has 142 valence electrons. The van der Waals surface area contributed by atoms with E-state index in [1.165, 1.54) is 37.7 Å². The van der Waals surface area contributed by atoms with E-state index in [4.69, 9.17) is 0 Å². The van der Waals surface area contributed by atoms with Crippen molar-refractivity contribution in [1.29, 1.82) is 0 Å². The zero-order valence-electron chi connectivity index (χ0n) is 15.7. The monoisotopic (exact) mass is 356 g/mol. The Hall–Kier alpha value is -1.84. The zero-order chi connectivity index (χ0) is 18.2. The second-order valence-electron chi connectivity index (χ2n) is 7.94. The molecule has 1 aromatic rings. The first-order valence-electron chi connectivity index (χ1n) is 10.3. The van der Waals surface area contributed by atoms with E-state index in [1.807, 2.05) is 18.2 Å². The van der Waals surface area contributed by atoms with Crippen molar-refractivity contribution < 1.29 is 9.59 Å². The lowest BCUT2D eigenvalue weighted by atomic mass is 9.83. The smallest absolute Gasteiger partial charge is 0.223 e. The molecule has 26 heavy (non-hydrogen) atoms. The average molecular weight is 357 g/mol. The summed E-state index contributed by atoms with van der Waals surface area (Å²) in [6.07, 6.45) is 10.8. The molecule has 4 nitrogen and oxygen atoms in total. The Morgan fingerprint density at radius 1 is 1.00 bits per heavy atom. The van der Waals surface area contributed by atoms with Gasteiger partial charge in [-0.25, -0.2) is 0 Å². The predicted molar refractivity (Wildman–Crippen MR) is 103 cm³/mol. The van der Waals surface area contributed by atoms with E-state index in [1.54, 1.807) is 0 Å². The molecule has 1 unspecified atom stereocenters. The fourth-order valence-corrected chi connectivity index (χ4v) is 3.94. The maximum atomic E-state index is 12.4. The molecule has 2 aliphatic carbocycles. The second kappa shape index (κ2) is 9.75. The summed E-state index contributed by atoms with van der Waals surface area (Å²) in [6, 6.07) is 10.4. The highest BCUT2D eigenvalue weighted by Crippen LogP contribution is 2.32. The predicted octanol–water partition coefficient (Wildman–Crippen LogP) is 4.12. The molecule has 2 aliphatic rings. The van der Waals surface area contributed by atoms with Gasteiger partial charge in [0, 0.05) is 18.9 Å². The Labute approximate surface area is 157 Å². The largest absolute Gasteiger partial charge is 0.356 e. The molecule has 1 atom stereocenters. The third kappa shape index (κ3) is 6.15. The zero-order valence-corrected chi connectivity index (χ0v) is 15.7. The van der Waals surface area contributed by atoms with E-state index in [0.717, 1.165) is 19.3 Å². The summed E-state index contributed by atoms with van der Waals surface area (Å²) < 4.78 is 0. The van der Waals surface area contributed by atoms with Gasteiger partial charge in [-0.05, 0) is 37.2 Å². The van der Waals surface area contributed by atoms with Crippen LogP contribution in [-0.4, -0.2) is 18.4 Å². The number of nitrogens with one attached hydrogen (secondary N) is 2. The normalized spacial score (nSPS) is 18.9. The highest BCUT2D eigenvalue weighted by molar-refractivity contribution is 5.81. The second-order valence-corrected chi connectivity index (χ2v) is 7.94. The van der Waals surface area contributed by atoms with Crippen molar-refractivity contribution in [3.05, 3.63) is 35.9 Å². The molecular weight excluding hydrogens is 324 g/mol. The number of hydrogen-bond donors (Lipinski definition) is 2. The van der Waals surface area contributed by atoms with Crippen molar-refractivity contribution in [3.63, 3.8) is 0 Å². The summed E-state index contributed by atoms with van der Waals surface area (Å²) in [5.41, 5.74) is 1.20. The number of amides is 2. The van der Waals surface area contributed by atoms with Gasteiger partial charge in [-0.1, -0.05) is 62.4 Å². The number of carbonyl (C=O) groups excluding carboxylic acids is 2. The molecule has 1 aromatic carbocycles. The van der Waals surface area contributed by atoms with Gasteiger partial charge in [0.05, 0.1) is 6.04 Å². The lowest BCUT2D eigenvalue weighted by Gasteiger charge is -2.27. The molecule has 2 fully saturated rings. The van der Waals surface area contributed by atoms with Crippen molar-refractivity contribution in [2.75, 3.05) is 6.54 Å². The van der Waals surface area contributed by atoms with E-state index >= 15 is 0 Å². The van der Waals surface area contributed by atoms with Gasteiger partial charge in [0.25, 0.3) is 0 Å². The van der Waals surface area contributed by atoms with Crippen molar-refractivity contribution in [2.24, 2.45) is 11.8 Å². The van der Waals surface area contributed by atoms with Crippen LogP contribution in [0, 0.1) is 11.8 Å². The van der Waals surface area contributed by atoms with Crippen LogP contribution < -0.4 is 10.6 Å². The third-order valence-corrected chi connectivity index (χ3v) is 5.66. The standard InChI is InChI=1S/C22H32N2O2/c25-21(12-7-15-23-22(26)19-13-14-19)24-20(18-10-5-2-6-11-18)16-17-8-3-1-4-9-17/h2,5-6,10-11,17,19-20H,1,3-4,7-9,12-16H2,(H,23,26)(H,24,25). The highest BCUT2D eigenvalue weighted by Gasteiger charge is 2.29. The van der Waals surface area contributed by atoms with E-state index in [-0.39, 0.29) is 23.8 Å². The van der Waals surface area contributed by atoms with Gasteiger partial charge in [0.1, 0.15) is 0 Å². The van der Waals surface area contributed by atoms with Crippen LogP contribution in [0.4, 0.5) is 0 Å². The summed E-state index contributed by atoms with van der Waals surface area (Å²) in [7, 11) is 0. The summed E-state index contributed by atoms with van der Waals surface area (Å²) in [4.78, 5) is 24.1. The van der Waals surface area contributed by atoms with Crippen LogP contribution in [0.15, 0.2) is 30.3 Å². The third-order valence-electron chi connectivity index (χ3n) is 5.66. The number of hydrogen-bond acceptors (Lipinski definition) is 2. The SMILES string of the molecule is O=C(CCCNC(=O)C1CC1)NC(CC1CCCCC1)c1ccccc1. The molecular formula is C22H32N2O2. The first-order valence-corrected chi connectivity index (χ1v) is 10.3. The topological polar surface area (TPSA) is 58.2 Å². The van der Waals surface area contributed by atoms with Gasteiger partial charge in [-0.15, -0.1) is 0 Å². The van der Waals surface area contributed by atoms with Gasteiger partial charge < -0.3 is 10.6 Å². The molecule has 0 bridgehead atoms. The van der Waals surface area contributed by atoms with Crippen LogP contribution in [0.5, 0.6) is 0 Å². The van der Waals surface area contributed by atoms with E-state index in [9.17, 15) is 9.59 Å². The van der Waals surface area contributed by atoms with E-state index in [2.05, 4.69) is 22.8 Å². The maximum absolute atomic E-state index is 12.4. The summed E-state index contributed by atoms with van der Waals surface area (Å²) >= 11 is 0. The van der Waals surface area contributed by atoms with Gasteiger partial charge in [0.2, 0.25) is 11.8 Å². The number of rotatable bonds is 9. The Morgan fingerprint density at radius 2 is 1.73 bits per heavy atom. The van der Waals surface area contributed by atoms with Gasteiger partial charge in [-0.2, -0.15) is 0 Å². The first-order chi connectivity index (χ1) is 12.7. The molecule has 0 aliphatic heterocycles. The van der Waals surface area contributed by atoms with Crippen LogP contribution in [0.25, 0.3) is 0 Å². The quantitative estimate of drug-likeness (QED) is 0.654. The molecule has 2 saturated carbocycles. The molecule has 2 amide bonds. The van der Waals surface area contributed by atoms with Gasteiger partial charge >= 0.3 is 0 Å². The summed E-state index contributed by atoms with van der Waals surface area (Å²) in [5.74, 6) is 1.20. The fourth-order valence-electron chi connectivity index (χ4n) is 3.94. The van der Waals surface area contributed by atoms with E-state index < -0.39 is 0 Å². The highest BCUT2D eigenvalue weighted by atomic mass is 16.2. The summed E-state index contributed by atoms with van der Waals surface area (Å²) in [6.45, 7) is 0.599. The summed E-state index contributed by atoms with van der Waals surface area (Å²) in [5, 5.41) is 6.18. The van der Waals surface area contributed by atoms with Crippen molar-refractivity contribution in [2.45, 2.75) is 70.3 Å². The minimum Gasteiger partial charge on any atom is -0.356 e. The minimum absolute atomic E-state index is 0.0929. The van der Waals surface area contributed by atoms with Crippen LogP contribution >= 0.6 is 0 Å². The molecule has 0 aromatic heterocycles. The molecule has 4 heteroatoms. The maximum Gasteiger partial charge on any atom is 0.223 e. The molecule has 0 radical (unpaired) electrons. The number of carbonyl (C=O) groups is 2.